The Labute approximate surface area is 298 Å². The Morgan fingerprint density at radius 3 is 2.20 bits per heavy atom. The highest BCUT2D eigenvalue weighted by Crippen LogP contribution is 2.38. The van der Waals surface area contributed by atoms with E-state index in [1.807, 2.05) is 36.4 Å². The van der Waals surface area contributed by atoms with Crippen LogP contribution in [-0.4, -0.2) is 81.8 Å². The number of rotatable bonds is 13. The van der Waals surface area contributed by atoms with Gasteiger partial charge in [0, 0.05) is 62.5 Å². The molecule has 0 aromatic heterocycles. The molecule has 3 aliphatic heterocycles. The third-order valence-corrected chi connectivity index (χ3v) is 10.1. The van der Waals surface area contributed by atoms with Crippen LogP contribution in [0.4, 0.5) is 11.4 Å². The molecule has 0 bridgehead atoms. The molecule has 2 aromatic rings. The Morgan fingerprint density at radius 2 is 1.55 bits per heavy atom. The first-order chi connectivity index (χ1) is 23.6. The molecule has 3 heterocycles. The number of ether oxygens (including phenoxy) is 3. The normalized spacial score (nSPS) is 17.2. The summed E-state index contributed by atoms with van der Waals surface area (Å²) in [5, 5.41) is 4.34. The molecular weight excluding hydrogens is 667 g/mol. The van der Waals surface area contributed by atoms with Crippen LogP contribution in [-0.2, 0) is 30.3 Å². The number of halogens is 2. The van der Waals surface area contributed by atoms with Gasteiger partial charge in [0.05, 0.1) is 52.4 Å². The number of aryl methyl sites for hydroxylation is 1. The molecule has 0 atom stereocenters. The zero-order chi connectivity index (χ0) is 35.1. The van der Waals surface area contributed by atoms with E-state index in [0.717, 1.165) is 62.5 Å². The summed E-state index contributed by atoms with van der Waals surface area (Å²) in [7, 11) is 0. The molecule has 0 aliphatic carbocycles. The number of piperazine rings is 1. The number of carbonyl (C=O) groups excluding carboxylic acids is 3. The van der Waals surface area contributed by atoms with Gasteiger partial charge in [-0.2, -0.15) is 0 Å². The standard InChI is InChI=1S/C37H46Cl2N4O6/c1-5-47-36(45)33-24(3)40-25(4)34(37(46)48-6-2)28(33)23-43-31-22-27(14-12-26(31)13-15-32(43)44)49-21-8-7-16-41-17-19-42(20-18-41)30-11-9-10-29(38)35(30)39/h9-12,14,22,28,40H,5-8,13,15-21,23H2,1-4H3. The predicted octanol–water partition coefficient (Wildman–Crippen LogP) is 6.15. The summed E-state index contributed by atoms with van der Waals surface area (Å²) in [6, 6.07) is 11.6. The van der Waals surface area contributed by atoms with Gasteiger partial charge in [-0.1, -0.05) is 35.3 Å². The highest BCUT2D eigenvalue weighted by molar-refractivity contribution is 6.43. The van der Waals surface area contributed by atoms with Crippen molar-refractivity contribution in [2.45, 2.75) is 53.4 Å². The van der Waals surface area contributed by atoms with Gasteiger partial charge in [-0.15, -0.1) is 0 Å². The van der Waals surface area contributed by atoms with Crippen LogP contribution in [0.15, 0.2) is 58.9 Å². The summed E-state index contributed by atoms with van der Waals surface area (Å²) in [6.45, 7) is 12.7. The zero-order valence-corrected chi connectivity index (χ0v) is 30.3. The molecule has 0 radical (unpaired) electrons. The first-order valence-electron chi connectivity index (χ1n) is 17.1. The molecule has 2 aromatic carbocycles. The van der Waals surface area contributed by atoms with Crippen molar-refractivity contribution in [2.75, 3.05) is 68.9 Å². The van der Waals surface area contributed by atoms with Crippen LogP contribution in [0, 0.1) is 5.92 Å². The molecule has 264 valence electrons. The molecule has 49 heavy (non-hydrogen) atoms. The summed E-state index contributed by atoms with van der Waals surface area (Å²) in [4.78, 5) is 46.3. The van der Waals surface area contributed by atoms with Crippen molar-refractivity contribution in [3.63, 3.8) is 0 Å². The minimum Gasteiger partial charge on any atom is -0.494 e. The fourth-order valence-corrected chi connectivity index (χ4v) is 7.26. The number of nitrogens with zero attached hydrogens (tertiary/aromatic N) is 3. The van der Waals surface area contributed by atoms with Crippen molar-refractivity contribution >= 4 is 52.4 Å². The second kappa shape index (κ2) is 16.8. The van der Waals surface area contributed by atoms with E-state index in [1.54, 1.807) is 32.6 Å². The third kappa shape index (κ3) is 8.53. The van der Waals surface area contributed by atoms with Crippen LogP contribution in [0.25, 0.3) is 0 Å². The van der Waals surface area contributed by atoms with Crippen LogP contribution in [0.2, 0.25) is 10.0 Å². The van der Waals surface area contributed by atoms with Gasteiger partial charge in [0.25, 0.3) is 0 Å². The first kappa shape index (κ1) is 36.5. The van der Waals surface area contributed by atoms with Gasteiger partial charge in [0.2, 0.25) is 5.91 Å². The molecule has 1 fully saturated rings. The van der Waals surface area contributed by atoms with E-state index in [2.05, 4.69) is 15.1 Å². The van der Waals surface area contributed by atoms with Crippen LogP contribution in [0.5, 0.6) is 5.75 Å². The van der Waals surface area contributed by atoms with Gasteiger partial charge in [0.1, 0.15) is 5.75 Å². The van der Waals surface area contributed by atoms with E-state index in [4.69, 9.17) is 37.4 Å². The first-order valence-corrected chi connectivity index (χ1v) is 17.9. The molecule has 10 nitrogen and oxygen atoms in total. The number of carbonyl (C=O) groups is 3. The number of fused-ring (bicyclic) bond motifs is 1. The molecule has 1 N–H and O–H groups in total. The maximum atomic E-state index is 13.5. The third-order valence-electron chi connectivity index (χ3n) is 9.27. The number of anilines is 2. The highest BCUT2D eigenvalue weighted by Gasteiger charge is 2.40. The number of unbranched alkanes of at least 4 members (excludes halogenated alkanes) is 1. The van der Waals surface area contributed by atoms with Crippen molar-refractivity contribution in [1.82, 2.24) is 10.2 Å². The lowest BCUT2D eigenvalue weighted by molar-refractivity contribution is -0.140. The van der Waals surface area contributed by atoms with Crippen molar-refractivity contribution in [3.8, 4) is 5.75 Å². The molecule has 1 amide bonds. The second-order valence-corrected chi connectivity index (χ2v) is 13.2. The van der Waals surface area contributed by atoms with E-state index in [1.165, 1.54) is 0 Å². The van der Waals surface area contributed by atoms with Gasteiger partial charge in [-0.05, 0) is 77.3 Å². The minimum absolute atomic E-state index is 0.0809. The van der Waals surface area contributed by atoms with E-state index in [-0.39, 0.29) is 25.7 Å². The summed E-state index contributed by atoms with van der Waals surface area (Å²) < 4.78 is 17.0. The van der Waals surface area contributed by atoms with E-state index in [0.29, 0.717) is 57.8 Å². The van der Waals surface area contributed by atoms with Crippen molar-refractivity contribution in [2.24, 2.45) is 5.92 Å². The van der Waals surface area contributed by atoms with Gasteiger partial charge in [0.15, 0.2) is 0 Å². The fraction of sp³-hybridized carbons (Fsp3) is 0.486. The van der Waals surface area contributed by atoms with Gasteiger partial charge >= 0.3 is 11.9 Å². The maximum Gasteiger partial charge on any atom is 0.336 e. The molecular formula is C37H46Cl2N4O6. The lowest BCUT2D eigenvalue weighted by Gasteiger charge is -2.36. The maximum absolute atomic E-state index is 13.5. The molecule has 0 saturated carbocycles. The average molecular weight is 714 g/mol. The largest absolute Gasteiger partial charge is 0.494 e. The zero-order valence-electron chi connectivity index (χ0n) is 28.8. The average Bonchev–Trinajstić information content (AvgIpc) is 3.07. The van der Waals surface area contributed by atoms with Crippen molar-refractivity contribution in [3.05, 3.63) is 74.5 Å². The Hall–Kier alpha value is -3.73. The minimum atomic E-state index is -0.733. The SMILES string of the molecule is CCOC(=O)C1=C(C)NC(C)=C(C(=O)OCC)C1CN1C(=O)CCc2ccc(OCCCCN3CCN(c4cccc(Cl)c4Cl)CC3)cc21. The Bertz CT molecular complexity index is 1580. The van der Waals surface area contributed by atoms with Gasteiger partial charge < -0.3 is 29.3 Å². The van der Waals surface area contributed by atoms with Crippen LogP contribution >= 0.6 is 23.2 Å². The Morgan fingerprint density at radius 1 is 0.878 bits per heavy atom. The molecule has 3 aliphatic rings. The van der Waals surface area contributed by atoms with E-state index < -0.39 is 17.9 Å². The molecule has 12 heteroatoms. The molecule has 0 unspecified atom stereocenters. The highest BCUT2D eigenvalue weighted by atomic mass is 35.5. The van der Waals surface area contributed by atoms with Crippen LogP contribution < -0.4 is 19.9 Å². The predicted molar refractivity (Wildman–Crippen MR) is 192 cm³/mol. The van der Waals surface area contributed by atoms with Gasteiger partial charge in [-0.25, -0.2) is 9.59 Å². The summed E-state index contributed by atoms with van der Waals surface area (Å²) in [6.07, 6.45) is 2.81. The lowest BCUT2D eigenvalue weighted by Crippen LogP contribution is -2.46. The Kier molecular flexibility index (Phi) is 12.5. The number of benzene rings is 2. The second-order valence-electron chi connectivity index (χ2n) is 12.4. The van der Waals surface area contributed by atoms with Crippen molar-refractivity contribution in [1.29, 1.82) is 0 Å². The number of hydrogen-bond donors (Lipinski definition) is 1. The number of hydrogen-bond acceptors (Lipinski definition) is 9. The van der Waals surface area contributed by atoms with Crippen molar-refractivity contribution < 1.29 is 28.6 Å². The van der Waals surface area contributed by atoms with E-state index in [9.17, 15) is 14.4 Å². The Balaban J connectivity index is 1.21. The number of allylic oxidation sites excluding steroid dienone is 2. The summed E-state index contributed by atoms with van der Waals surface area (Å²) >= 11 is 12.7. The van der Waals surface area contributed by atoms with Crippen LogP contribution in [0.1, 0.15) is 52.5 Å². The molecule has 0 spiro atoms. The number of dihydropyridines is 1. The lowest BCUT2D eigenvalue weighted by atomic mass is 9.84. The molecule has 5 rings (SSSR count). The summed E-state index contributed by atoms with van der Waals surface area (Å²) in [5.74, 6) is -1.20. The van der Waals surface area contributed by atoms with Gasteiger partial charge in [-0.3, -0.25) is 9.69 Å². The molecule has 1 saturated heterocycles. The number of amides is 1. The monoisotopic (exact) mass is 712 g/mol. The quantitative estimate of drug-likeness (QED) is 0.194. The van der Waals surface area contributed by atoms with Crippen LogP contribution in [0.3, 0.4) is 0 Å². The number of nitrogens with one attached hydrogen (secondary N) is 1. The number of esters is 2. The topological polar surface area (TPSA) is 101 Å². The summed E-state index contributed by atoms with van der Waals surface area (Å²) in [5.41, 5.74) is 4.53. The fourth-order valence-electron chi connectivity index (χ4n) is 6.84. The smallest absolute Gasteiger partial charge is 0.336 e. The van der Waals surface area contributed by atoms with E-state index >= 15 is 0 Å².